The summed E-state index contributed by atoms with van der Waals surface area (Å²) in [5.74, 6) is 1.45. The first-order valence-corrected chi connectivity index (χ1v) is 6.27. The summed E-state index contributed by atoms with van der Waals surface area (Å²) in [4.78, 5) is 11.4. The van der Waals surface area contributed by atoms with E-state index >= 15 is 0 Å². The second kappa shape index (κ2) is 7.94. The SMILES string of the molecule is O=C(CCC1CCOCC1)NCCCCl. The van der Waals surface area contributed by atoms with Gasteiger partial charge in [-0.3, -0.25) is 4.79 Å². The summed E-state index contributed by atoms with van der Waals surface area (Å²) in [7, 11) is 0. The highest BCUT2D eigenvalue weighted by Crippen LogP contribution is 2.19. The predicted octanol–water partition coefficient (Wildman–Crippen LogP) is 1.94. The Morgan fingerprint density at radius 1 is 1.40 bits per heavy atom. The zero-order chi connectivity index (χ0) is 10.9. The highest BCUT2D eigenvalue weighted by molar-refractivity contribution is 6.17. The Hall–Kier alpha value is -0.280. The maximum Gasteiger partial charge on any atom is 0.220 e. The largest absolute Gasteiger partial charge is 0.381 e. The van der Waals surface area contributed by atoms with Crippen molar-refractivity contribution in [3.8, 4) is 0 Å². The van der Waals surface area contributed by atoms with Crippen molar-refractivity contribution in [1.82, 2.24) is 5.32 Å². The van der Waals surface area contributed by atoms with Gasteiger partial charge in [0, 0.05) is 32.1 Å². The van der Waals surface area contributed by atoms with Crippen LogP contribution >= 0.6 is 11.6 Å². The lowest BCUT2D eigenvalue weighted by molar-refractivity contribution is -0.121. The molecule has 1 aliphatic rings. The molecule has 1 heterocycles. The molecule has 3 nitrogen and oxygen atoms in total. The quantitative estimate of drug-likeness (QED) is 0.563. The summed E-state index contributed by atoms with van der Waals surface area (Å²) in [5.41, 5.74) is 0. The molecule has 0 aromatic heterocycles. The molecule has 15 heavy (non-hydrogen) atoms. The summed E-state index contributed by atoms with van der Waals surface area (Å²) >= 11 is 5.52. The van der Waals surface area contributed by atoms with Crippen molar-refractivity contribution in [3.63, 3.8) is 0 Å². The number of alkyl halides is 1. The van der Waals surface area contributed by atoms with Gasteiger partial charge in [-0.25, -0.2) is 0 Å². The molecule has 1 fully saturated rings. The van der Waals surface area contributed by atoms with E-state index in [4.69, 9.17) is 16.3 Å². The Labute approximate surface area is 96.5 Å². The molecule has 4 heteroatoms. The maximum atomic E-state index is 11.4. The van der Waals surface area contributed by atoms with E-state index in [-0.39, 0.29) is 5.91 Å². The van der Waals surface area contributed by atoms with E-state index in [1.165, 1.54) is 0 Å². The maximum absolute atomic E-state index is 11.4. The molecule has 1 amide bonds. The molecule has 0 saturated carbocycles. The minimum Gasteiger partial charge on any atom is -0.381 e. The number of amides is 1. The minimum atomic E-state index is 0.159. The number of hydrogen-bond donors (Lipinski definition) is 1. The Kier molecular flexibility index (Phi) is 6.77. The van der Waals surface area contributed by atoms with Gasteiger partial charge < -0.3 is 10.1 Å². The number of rotatable bonds is 6. The zero-order valence-corrected chi connectivity index (χ0v) is 9.89. The van der Waals surface area contributed by atoms with E-state index < -0.39 is 0 Å². The number of carbonyl (C=O) groups is 1. The average molecular weight is 234 g/mol. The van der Waals surface area contributed by atoms with Gasteiger partial charge in [0.25, 0.3) is 0 Å². The van der Waals surface area contributed by atoms with Crippen LogP contribution in [0.2, 0.25) is 0 Å². The first-order valence-electron chi connectivity index (χ1n) is 5.73. The van der Waals surface area contributed by atoms with Crippen molar-refractivity contribution in [2.75, 3.05) is 25.6 Å². The van der Waals surface area contributed by atoms with Crippen molar-refractivity contribution in [2.24, 2.45) is 5.92 Å². The van der Waals surface area contributed by atoms with Crippen LogP contribution in [0.3, 0.4) is 0 Å². The van der Waals surface area contributed by atoms with E-state index in [1.54, 1.807) is 0 Å². The molecule has 1 N–H and O–H groups in total. The molecule has 88 valence electrons. The lowest BCUT2D eigenvalue weighted by Gasteiger charge is -2.21. The molecule has 0 aliphatic carbocycles. The Morgan fingerprint density at radius 3 is 2.80 bits per heavy atom. The smallest absolute Gasteiger partial charge is 0.220 e. The molecular formula is C11H20ClNO2. The van der Waals surface area contributed by atoms with Gasteiger partial charge in [-0.1, -0.05) is 0 Å². The second-order valence-corrected chi connectivity index (χ2v) is 4.36. The first-order chi connectivity index (χ1) is 7.33. The van der Waals surface area contributed by atoms with Crippen molar-refractivity contribution in [1.29, 1.82) is 0 Å². The van der Waals surface area contributed by atoms with Crippen LogP contribution in [0.4, 0.5) is 0 Å². The molecular weight excluding hydrogens is 214 g/mol. The Morgan fingerprint density at radius 2 is 2.13 bits per heavy atom. The Bertz CT molecular complexity index is 181. The predicted molar refractivity (Wildman–Crippen MR) is 61.1 cm³/mol. The third kappa shape index (κ3) is 6.00. The molecule has 0 spiro atoms. The fourth-order valence-corrected chi connectivity index (χ4v) is 1.89. The van der Waals surface area contributed by atoms with Gasteiger partial charge in [-0.15, -0.1) is 11.6 Å². The fraction of sp³-hybridized carbons (Fsp3) is 0.909. The topological polar surface area (TPSA) is 38.3 Å². The molecule has 0 aromatic rings. The van der Waals surface area contributed by atoms with Crippen LogP contribution in [-0.4, -0.2) is 31.5 Å². The highest BCUT2D eigenvalue weighted by atomic mass is 35.5. The lowest BCUT2D eigenvalue weighted by Crippen LogP contribution is -2.26. The molecule has 0 bridgehead atoms. The van der Waals surface area contributed by atoms with Gasteiger partial charge in [-0.05, 0) is 31.6 Å². The molecule has 1 rings (SSSR count). The van der Waals surface area contributed by atoms with E-state index in [9.17, 15) is 4.79 Å². The number of halogens is 1. The van der Waals surface area contributed by atoms with Crippen LogP contribution in [0.15, 0.2) is 0 Å². The normalized spacial score (nSPS) is 17.7. The number of hydrogen-bond acceptors (Lipinski definition) is 2. The minimum absolute atomic E-state index is 0.159. The number of carbonyl (C=O) groups excluding carboxylic acids is 1. The summed E-state index contributed by atoms with van der Waals surface area (Å²) in [6.45, 7) is 2.42. The van der Waals surface area contributed by atoms with E-state index in [0.717, 1.165) is 38.9 Å². The van der Waals surface area contributed by atoms with Crippen molar-refractivity contribution < 1.29 is 9.53 Å². The van der Waals surface area contributed by atoms with Crippen LogP contribution < -0.4 is 5.32 Å². The van der Waals surface area contributed by atoms with Crippen molar-refractivity contribution >= 4 is 17.5 Å². The standard InChI is InChI=1S/C11H20ClNO2/c12-6-1-7-13-11(14)3-2-10-4-8-15-9-5-10/h10H,1-9H2,(H,13,14). The zero-order valence-electron chi connectivity index (χ0n) is 9.14. The number of ether oxygens (including phenoxy) is 1. The molecule has 0 unspecified atom stereocenters. The first kappa shape index (κ1) is 12.8. The summed E-state index contributed by atoms with van der Waals surface area (Å²) in [5, 5.41) is 2.87. The van der Waals surface area contributed by atoms with Crippen LogP contribution in [0.25, 0.3) is 0 Å². The van der Waals surface area contributed by atoms with Gasteiger partial charge in [0.15, 0.2) is 0 Å². The van der Waals surface area contributed by atoms with Crippen LogP contribution in [0.5, 0.6) is 0 Å². The van der Waals surface area contributed by atoms with Gasteiger partial charge in [-0.2, -0.15) is 0 Å². The van der Waals surface area contributed by atoms with E-state index in [0.29, 0.717) is 24.8 Å². The van der Waals surface area contributed by atoms with Crippen LogP contribution in [-0.2, 0) is 9.53 Å². The molecule has 0 atom stereocenters. The summed E-state index contributed by atoms with van der Waals surface area (Å²) < 4.78 is 5.27. The monoisotopic (exact) mass is 233 g/mol. The summed E-state index contributed by atoms with van der Waals surface area (Å²) in [6.07, 6.45) is 4.71. The summed E-state index contributed by atoms with van der Waals surface area (Å²) in [6, 6.07) is 0. The fourth-order valence-electron chi connectivity index (χ4n) is 1.75. The van der Waals surface area contributed by atoms with Crippen molar-refractivity contribution in [2.45, 2.75) is 32.1 Å². The lowest BCUT2D eigenvalue weighted by atomic mass is 9.95. The highest BCUT2D eigenvalue weighted by Gasteiger charge is 2.14. The second-order valence-electron chi connectivity index (χ2n) is 3.99. The van der Waals surface area contributed by atoms with Crippen LogP contribution in [0, 0.1) is 5.92 Å². The molecule has 1 saturated heterocycles. The molecule has 1 aliphatic heterocycles. The van der Waals surface area contributed by atoms with Crippen LogP contribution in [0.1, 0.15) is 32.1 Å². The number of nitrogens with one attached hydrogen (secondary N) is 1. The average Bonchev–Trinajstić information content (AvgIpc) is 2.28. The van der Waals surface area contributed by atoms with E-state index in [2.05, 4.69) is 5.32 Å². The molecule has 0 aromatic carbocycles. The van der Waals surface area contributed by atoms with Gasteiger partial charge in [0.2, 0.25) is 5.91 Å². The van der Waals surface area contributed by atoms with E-state index in [1.807, 2.05) is 0 Å². The van der Waals surface area contributed by atoms with Crippen molar-refractivity contribution in [3.05, 3.63) is 0 Å². The molecule has 0 radical (unpaired) electrons. The van der Waals surface area contributed by atoms with Gasteiger partial charge in [0.1, 0.15) is 0 Å². The van der Waals surface area contributed by atoms with Gasteiger partial charge in [0.05, 0.1) is 0 Å². The third-order valence-corrected chi connectivity index (χ3v) is 3.02. The third-order valence-electron chi connectivity index (χ3n) is 2.75. The Balaban J connectivity index is 2.00. The van der Waals surface area contributed by atoms with Gasteiger partial charge >= 0.3 is 0 Å².